The molecule has 0 aromatic heterocycles. The molecule has 0 saturated carbocycles. The third-order valence-electron chi connectivity index (χ3n) is 4.46. The van der Waals surface area contributed by atoms with Crippen molar-refractivity contribution in [2.45, 2.75) is 51.0 Å². The van der Waals surface area contributed by atoms with Gasteiger partial charge in [-0.25, -0.2) is 13.1 Å². The van der Waals surface area contributed by atoms with Gasteiger partial charge in [0, 0.05) is 30.4 Å². The minimum absolute atomic E-state index is 0.0825. The van der Waals surface area contributed by atoms with E-state index in [1.54, 1.807) is 12.1 Å². The third-order valence-corrected chi connectivity index (χ3v) is 6.00. The second kappa shape index (κ2) is 7.63. The lowest BCUT2D eigenvalue weighted by Crippen LogP contribution is -2.38. The van der Waals surface area contributed by atoms with Gasteiger partial charge in [0.25, 0.3) is 0 Å². The van der Waals surface area contributed by atoms with Gasteiger partial charge in [0.1, 0.15) is 0 Å². The summed E-state index contributed by atoms with van der Waals surface area (Å²) in [5.74, 6) is -0.0825. The summed E-state index contributed by atoms with van der Waals surface area (Å²) in [7, 11) is -3.56. The fraction of sp³-hybridized carbons (Fsp3) is 0.588. The van der Waals surface area contributed by atoms with Crippen molar-refractivity contribution < 1.29 is 17.9 Å². The minimum atomic E-state index is -3.56. The maximum absolute atomic E-state index is 12.4. The zero-order valence-electron chi connectivity index (χ0n) is 14.5. The Morgan fingerprint density at radius 2 is 1.79 bits per heavy atom. The zero-order chi connectivity index (χ0) is 17.8. The van der Waals surface area contributed by atoms with Crippen LogP contribution in [0.15, 0.2) is 29.2 Å². The predicted octanol–water partition coefficient (Wildman–Crippen LogP) is 2.52. The Hall–Kier alpha value is -1.44. The highest BCUT2D eigenvalue weighted by molar-refractivity contribution is 7.89. The van der Waals surface area contributed by atoms with Gasteiger partial charge < -0.3 is 10.1 Å². The van der Waals surface area contributed by atoms with Crippen molar-refractivity contribution in [1.82, 2.24) is 4.72 Å². The molecule has 1 aromatic carbocycles. The van der Waals surface area contributed by atoms with Gasteiger partial charge in [-0.3, -0.25) is 4.79 Å². The molecule has 0 radical (unpaired) electrons. The average molecular weight is 354 g/mol. The molecule has 1 aromatic rings. The highest BCUT2D eigenvalue weighted by atomic mass is 32.2. The first-order valence-corrected chi connectivity index (χ1v) is 9.74. The zero-order valence-corrected chi connectivity index (χ0v) is 15.3. The Kier molecular flexibility index (Phi) is 6.01. The molecule has 2 N–H and O–H groups in total. The summed E-state index contributed by atoms with van der Waals surface area (Å²) in [5.41, 5.74) is 0.126. The van der Waals surface area contributed by atoms with Crippen LogP contribution in [0.3, 0.4) is 0 Å². The van der Waals surface area contributed by atoms with Crippen LogP contribution in [0.2, 0.25) is 0 Å². The number of hydrogen-bond acceptors (Lipinski definition) is 4. The summed E-state index contributed by atoms with van der Waals surface area (Å²) in [6.07, 6.45) is 2.08. The fourth-order valence-electron chi connectivity index (χ4n) is 2.28. The molecule has 0 aliphatic carbocycles. The summed E-state index contributed by atoms with van der Waals surface area (Å²) in [4.78, 5) is 12.4. The van der Waals surface area contributed by atoms with Crippen LogP contribution in [-0.4, -0.2) is 33.6 Å². The van der Waals surface area contributed by atoms with Crippen molar-refractivity contribution in [3.05, 3.63) is 24.3 Å². The smallest absolute Gasteiger partial charge is 0.240 e. The van der Waals surface area contributed by atoms with Crippen LogP contribution in [0, 0.1) is 5.41 Å². The lowest BCUT2D eigenvalue weighted by atomic mass is 9.89. The number of benzene rings is 1. The summed E-state index contributed by atoms with van der Waals surface area (Å²) in [6, 6.07) is 6.16. The Balaban J connectivity index is 2.04. The number of nitrogens with one attached hydrogen (secondary N) is 2. The summed E-state index contributed by atoms with van der Waals surface area (Å²) in [6.45, 7) is 6.85. The van der Waals surface area contributed by atoms with E-state index in [1.165, 1.54) is 12.1 Å². The molecule has 0 bridgehead atoms. The fourth-order valence-corrected chi connectivity index (χ4v) is 3.59. The van der Waals surface area contributed by atoms with E-state index < -0.39 is 15.4 Å². The molecule has 1 saturated heterocycles. The highest BCUT2D eigenvalue weighted by Crippen LogP contribution is 2.23. The Labute approximate surface area is 144 Å². The first-order valence-electron chi connectivity index (χ1n) is 8.26. The average Bonchev–Trinajstić information content (AvgIpc) is 2.56. The molecular weight excluding hydrogens is 328 g/mol. The first-order chi connectivity index (χ1) is 11.2. The monoisotopic (exact) mass is 354 g/mol. The molecule has 0 spiro atoms. The summed E-state index contributed by atoms with van der Waals surface area (Å²) < 4.78 is 32.7. The van der Waals surface area contributed by atoms with Crippen molar-refractivity contribution in [3.8, 4) is 0 Å². The van der Waals surface area contributed by atoms with Gasteiger partial charge in [-0.05, 0) is 43.5 Å². The van der Waals surface area contributed by atoms with E-state index in [4.69, 9.17) is 4.74 Å². The molecular formula is C17H26N2O4S. The highest BCUT2D eigenvalue weighted by Gasteiger charge is 2.26. The Bertz CT molecular complexity index is 662. The Morgan fingerprint density at radius 3 is 2.33 bits per heavy atom. The molecule has 134 valence electrons. The van der Waals surface area contributed by atoms with Crippen LogP contribution in [0.4, 0.5) is 5.69 Å². The molecule has 1 aliphatic rings. The number of hydrogen-bond donors (Lipinski definition) is 2. The largest absolute Gasteiger partial charge is 0.381 e. The van der Waals surface area contributed by atoms with Crippen molar-refractivity contribution >= 4 is 21.6 Å². The van der Waals surface area contributed by atoms with Crippen LogP contribution in [0.1, 0.15) is 40.0 Å². The topological polar surface area (TPSA) is 84.5 Å². The number of carbonyl (C=O) groups is 1. The molecule has 1 fully saturated rings. The molecule has 1 aliphatic heterocycles. The van der Waals surface area contributed by atoms with Crippen molar-refractivity contribution in [2.24, 2.45) is 5.41 Å². The number of amides is 1. The summed E-state index contributed by atoms with van der Waals surface area (Å²) in [5, 5.41) is 2.82. The maximum Gasteiger partial charge on any atom is 0.240 e. The van der Waals surface area contributed by atoms with Gasteiger partial charge in [-0.1, -0.05) is 20.8 Å². The van der Waals surface area contributed by atoms with Crippen LogP contribution >= 0.6 is 0 Å². The van der Waals surface area contributed by atoms with Gasteiger partial charge in [0.15, 0.2) is 0 Å². The second-order valence-electron chi connectivity index (χ2n) is 6.72. The third kappa shape index (κ3) is 4.78. The number of carbonyl (C=O) groups excluding carboxylic acids is 1. The Morgan fingerprint density at radius 1 is 1.21 bits per heavy atom. The van der Waals surface area contributed by atoms with Gasteiger partial charge in [-0.2, -0.15) is 0 Å². The SMILES string of the molecule is CCC(C)(C)C(=O)Nc1ccc(S(=O)(=O)NC2CCOCC2)cc1. The maximum atomic E-state index is 12.4. The molecule has 24 heavy (non-hydrogen) atoms. The van der Waals surface area contributed by atoms with Gasteiger partial charge in [0.2, 0.25) is 15.9 Å². The molecule has 6 nitrogen and oxygen atoms in total. The minimum Gasteiger partial charge on any atom is -0.381 e. The van der Waals surface area contributed by atoms with Gasteiger partial charge in [-0.15, -0.1) is 0 Å². The normalized spacial score (nSPS) is 16.8. The lowest BCUT2D eigenvalue weighted by Gasteiger charge is -2.23. The molecule has 1 heterocycles. The quantitative estimate of drug-likeness (QED) is 0.822. The molecule has 2 rings (SSSR count). The number of ether oxygens (including phenoxy) is 1. The van der Waals surface area contributed by atoms with Gasteiger partial charge >= 0.3 is 0 Å². The lowest BCUT2D eigenvalue weighted by molar-refractivity contribution is -0.124. The van der Waals surface area contributed by atoms with E-state index in [0.29, 0.717) is 31.7 Å². The first kappa shape index (κ1) is 18.9. The van der Waals surface area contributed by atoms with E-state index in [9.17, 15) is 13.2 Å². The van der Waals surface area contributed by atoms with E-state index >= 15 is 0 Å². The van der Waals surface area contributed by atoms with Crippen molar-refractivity contribution in [3.63, 3.8) is 0 Å². The van der Waals surface area contributed by atoms with Crippen LogP contribution in [-0.2, 0) is 19.6 Å². The molecule has 0 atom stereocenters. The van der Waals surface area contributed by atoms with E-state index in [0.717, 1.165) is 6.42 Å². The van der Waals surface area contributed by atoms with Crippen LogP contribution < -0.4 is 10.0 Å². The molecule has 7 heteroatoms. The second-order valence-corrected chi connectivity index (χ2v) is 8.44. The summed E-state index contributed by atoms with van der Waals surface area (Å²) >= 11 is 0. The van der Waals surface area contributed by atoms with Crippen molar-refractivity contribution in [1.29, 1.82) is 0 Å². The van der Waals surface area contributed by atoms with E-state index in [-0.39, 0.29) is 16.8 Å². The van der Waals surface area contributed by atoms with E-state index in [2.05, 4.69) is 10.0 Å². The van der Waals surface area contributed by atoms with Crippen LogP contribution in [0.5, 0.6) is 0 Å². The van der Waals surface area contributed by atoms with Crippen LogP contribution in [0.25, 0.3) is 0 Å². The standard InChI is InChI=1S/C17H26N2O4S/c1-4-17(2,3)16(20)18-13-5-7-15(8-6-13)24(21,22)19-14-9-11-23-12-10-14/h5-8,14,19H,4,9-12H2,1-3H3,(H,18,20). The van der Waals surface area contributed by atoms with Gasteiger partial charge in [0.05, 0.1) is 4.90 Å². The molecule has 1 amide bonds. The van der Waals surface area contributed by atoms with Crippen molar-refractivity contribution in [2.75, 3.05) is 18.5 Å². The van der Waals surface area contributed by atoms with E-state index in [1.807, 2.05) is 20.8 Å². The predicted molar refractivity (Wildman–Crippen MR) is 93.3 cm³/mol. The molecule has 0 unspecified atom stereocenters. The number of anilines is 1. The number of rotatable bonds is 6. The number of sulfonamides is 1.